The summed E-state index contributed by atoms with van der Waals surface area (Å²) in [4.78, 5) is 37.5. The first-order valence-electron chi connectivity index (χ1n) is 21.4. The van der Waals surface area contributed by atoms with Gasteiger partial charge in [0.1, 0.15) is 13.2 Å². The molecular weight excluding hydrogens is 685 g/mol. The Bertz CT molecular complexity index is 1200. The van der Waals surface area contributed by atoms with Gasteiger partial charge in [-0.25, -0.2) is 0 Å². The second kappa shape index (κ2) is 42.8. The lowest BCUT2D eigenvalue weighted by molar-refractivity contribution is -0.166. The monoisotopic (exact) mass is 761 g/mol. The van der Waals surface area contributed by atoms with Gasteiger partial charge in [0.25, 0.3) is 0 Å². The summed E-state index contributed by atoms with van der Waals surface area (Å²) in [5.74, 6) is -1.13. The Morgan fingerprint density at radius 1 is 0.382 bits per heavy atom. The molecule has 0 N–H and O–H groups in total. The first kappa shape index (κ1) is 51.1. The van der Waals surface area contributed by atoms with Crippen molar-refractivity contribution in [2.45, 2.75) is 168 Å². The van der Waals surface area contributed by atoms with E-state index < -0.39 is 12.1 Å². The quantitative estimate of drug-likeness (QED) is 0.0274. The fraction of sp³-hybridized carbons (Fsp3) is 0.571. The molecule has 1 atom stereocenters. The Morgan fingerprint density at radius 3 is 1.15 bits per heavy atom. The predicted molar refractivity (Wildman–Crippen MR) is 233 cm³/mol. The Morgan fingerprint density at radius 2 is 0.709 bits per heavy atom. The van der Waals surface area contributed by atoms with Crippen molar-refractivity contribution in [2.75, 3.05) is 13.2 Å². The van der Waals surface area contributed by atoms with Crippen LogP contribution >= 0.6 is 0 Å². The fourth-order valence-electron chi connectivity index (χ4n) is 5.18. The molecule has 0 aliphatic rings. The molecule has 6 heteroatoms. The number of rotatable bonds is 36. The van der Waals surface area contributed by atoms with Gasteiger partial charge in [0.15, 0.2) is 6.10 Å². The highest BCUT2D eigenvalue weighted by molar-refractivity contribution is 5.72. The summed E-state index contributed by atoms with van der Waals surface area (Å²) in [6.45, 7) is 6.10. The number of carbonyl (C=O) groups is 3. The molecule has 55 heavy (non-hydrogen) atoms. The summed E-state index contributed by atoms with van der Waals surface area (Å²) in [5, 5.41) is 0. The van der Waals surface area contributed by atoms with E-state index >= 15 is 0 Å². The highest BCUT2D eigenvalue weighted by atomic mass is 16.6. The van der Waals surface area contributed by atoms with Crippen LogP contribution < -0.4 is 0 Å². The third-order valence-corrected chi connectivity index (χ3v) is 8.29. The van der Waals surface area contributed by atoms with Crippen molar-refractivity contribution in [3.8, 4) is 0 Å². The summed E-state index contributed by atoms with van der Waals surface area (Å²) in [6.07, 6.45) is 56.9. The molecule has 0 aromatic carbocycles. The summed E-state index contributed by atoms with van der Waals surface area (Å²) in [5.41, 5.74) is 0. The van der Waals surface area contributed by atoms with E-state index in [9.17, 15) is 14.4 Å². The lowest BCUT2D eigenvalue weighted by Crippen LogP contribution is -2.30. The van der Waals surface area contributed by atoms with E-state index in [1.165, 1.54) is 12.8 Å². The highest BCUT2D eigenvalue weighted by Crippen LogP contribution is 2.11. The Hall–Kier alpha value is -3.93. The van der Waals surface area contributed by atoms with E-state index in [4.69, 9.17) is 14.2 Å². The Labute approximate surface area is 336 Å². The van der Waals surface area contributed by atoms with Gasteiger partial charge in [0.05, 0.1) is 6.42 Å². The van der Waals surface area contributed by atoms with Crippen LogP contribution in [0.25, 0.3) is 0 Å². The van der Waals surface area contributed by atoms with Crippen LogP contribution in [0.15, 0.2) is 109 Å². The lowest BCUT2D eigenvalue weighted by atomic mass is 10.1. The molecular formula is C49H76O6. The van der Waals surface area contributed by atoms with Gasteiger partial charge in [-0.1, -0.05) is 156 Å². The second-order valence-corrected chi connectivity index (χ2v) is 13.5. The minimum absolute atomic E-state index is 0.0904. The largest absolute Gasteiger partial charge is 0.462 e. The number of hydrogen-bond donors (Lipinski definition) is 0. The number of hydrogen-bond acceptors (Lipinski definition) is 6. The van der Waals surface area contributed by atoms with Crippen LogP contribution in [0.1, 0.15) is 162 Å². The summed E-state index contributed by atoms with van der Waals surface area (Å²) >= 11 is 0. The summed E-state index contributed by atoms with van der Waals surface area (Å²) in [7, 11) is 0. The molecule has 0 aliphatic heterocycles. The van der Waals surface area contributed by atoms with Gasteiger partial charge in [-0.05, 0) is 96.3 Å². The average molecular weight is 761 g/mol. The van der Waals surface area contributed by atoms with E-state index in [1.807, 2.05) is 6.08 Å². The van der Waals surface area contributed by atoms with Gasteiger partial charge in [0, 0.05) is 12.8 Å². The molecule has 0 amide bonds. The first-order valence-corrected chi connectivity index (χ1v) is 21.4. The van der Waals surface area contributed by atoms with E-state index in [0.29, 0.717) is 19.3 Å². The molecule has 0 aromatic heterocycles. The SMILES string of the molecule is CC/C=C\C/C=C\C/C=C\C/C=C\CCCCCCCCC(=O)OCC(COC(=O)CCCC/C=C\C/C=C\CC)OC(=O)C/C=C\C/C=C\C/C=C\CC. The molecule has 0 aliphatic carbocycles. The zero-order chi connectivity index (χ0) is 40.1. The molecule has 6 nitrogen and oxygen atoms in total. The van der Waals surface area contributed by atoms with E-state index in [1.54, 1.807) is 6.08 Å². The molecule has 308 valence electrons. The maximum Gasteiger partial charge on any atom is 0.310 e. The normalized spacial score (nSPS) is 13.1. The minimum Gasteiger partial charge on any atom is -0.462 e. The van der Waals surface area contributed by atoms with Crippen LogP contribution in [0.5, 0.6) is 0 Å². The van der Waals surface area contributed by atoms with Crippen molar-refractivity contribution in [3.05, 3.63) is 109 Å². The van der Waals surface area contributed by atoms with Crippen LogP contribution in [0.2, 0.25) is 0 Å². The van der Waals surface area contributed by atoms with Crippen LogP contribution in [-0.2, 0) is 28.6 Å². The van der Waals surface area contributed by atoms with Gasteiger partial charge in [-0.15, -0.1) is 0 Å². The molecule has 0 bridgehead atoms. The van der Waals surface area contributed by atoms with Gasteiger partial charge in [0.2, 0.25) is 0 Å². The van der Waals surface area contributed by atoms with Crippen LogP contribution in [0.3, 0.4) is 0 Å². The number of allylic oxidation sites excluding steroid dienone is 17. The maximum absolute atomic E-state index is 12.6. The number of ether oxygens (including phenoxy) is 3. The van der Waals surface area contributed by atoms with E-state index in [2.05, 4.69) is 118 Å². The molecule has 1 unspecified atom stereocenters. The van der Waals surface area contributed by atoms with Crippen LogP contribution in [-0.4, -0.2) is 37.2 Å². The third kappa shape index (κ3) is 41.1. The van der Waals surface area contributed by atoms with E-state index in [0.717, 1.165) is 103 Å². The van der Waals surface area contributed by atoms with Crippen LogP contribution in [0.4, 0.5) is 0 Å². The Kier molecular flexibility index (Phi) is 39.7. The van der Waals surface area contributed by atoms with Crippen LogP contribution in [0, 0.1) is 0 Å². The van der Waals surface area contributed by atoms with Crippen molar-refractivity contribution in [2.24, 2.45) is 0 Å². The molecule has 0 saturated heterocycles. The predicted octanol–water partition coefficient (Wildman–Crippen LogP) is 13.6. The van der Waals surface area contributed by atoms with E-state index in [-0.39, 0.29) is 31.6 Å². The second-order valence-electron chi connectivity index (χ2n) is 13.5. The fourth-order valence-corrected chi connectivity index (χ4v) is 5.18. The van der Waals surface area contributed by atoms with Crippen molar-refractivity contribution in [3.63, 3.8) is 0 Å². The first-order chi connectivity index (χ1) is 27.0. The number of esters is 3. The standard InChI is InChI=1S/C49H76O6/c1-4-7-10-13-16-19-20-21-22-23-24-25-26-27-28-31-33-36-39-42-48(51)54-45-46(55-49(52)43-40-37-34-30-18-15-12-9-6-3)44-53-47(50)41-38-35-32-29-17-14-11-8-5-2/h7-12,16-19,21-22,24-25,29-30,37,40,46H,4-6,13-15,20,23,26-28,31-36,38-39,41-45H2,1-3H3/b10-7-,11-8-,12-9-,19-16-,22-21-,25-24-,29-17-,30-18-,40-37-. The smallest absolute Gasteiger partial charge is 0.310 e. The van der Waals surface area contributed by atoms with Crippen molar-refractivity contribution < 1.29 is 28.6 Å². The molecule has 0 saturated carbocycles. The minimum atomic E-state index is -0.844. The molecule has 0 rings (SSSR count). The highest BCUT2D eigenvalue weighted by Gasteiger charge is 2.19. The zero-order valence-corrected chi connectivity index (χ0v) is 34.9. The molecule has 0 spiro atoms. The average Bonchev–Trinajstić information content (AvgIpc) is 3.18. The van der Waals surface area contributed by atoms with Gasteiger partial charge < -0.3 is 14.2 Å². The zero-order valence-electron chi connectivity index (χ0n) is 34.9. The number of unbranched alkanes of at least 4 members (excludes halogenated alkanes) is 8. The molecule has 0 radical (unpaired) electrons. The Balaban J connectivity index is 4.42. The van der Waals surface area contributed by atoms with Gasteiger partial charge >= 0.3 is 17.9 Å². The van der Waals surface area contributed by atoms with Gasteiger partial charge in [-0.2, -0.15) is 0 Å². The van der Waals surface area contributed by atoms with Gasteiger partial charge in [-0.3, -0.25) is 14.4 Å². The van der Waals surface area contributed by atoms with Crippen molar-refractivity contribution in [1.82, 2.24) is 0 Å². The topological polar surface area (TPSA) is 78.9 Å². The molecule has 0 fully saturated rings. The molecule has 0 heterocycles. The lowest BCUT2D eigenvalue weighted by Gasteiger charge is -2.18. The molecule has 0 aromatic rings. The third-order valence-electron chi connectivity index (χ3n) is 8.29. The summed E-state index contributed by atoms with van der Waals surface area (Å²) < 4.78 is 16.5. The van der Waals surface area contributed by atoms with Crippen molar-refractivity contribution in [1.29, 1.82) is 0 Å². The van der Waals surface area contributed by atoms with Crippen molar-refractivity contribution >= 4 is 17.9 Å². The summed E-state index contributed by atoms with van der Waals surface area (Å²) in [6, 6.07) is 0. The number of carbonyl (C=O) groups excluding carboxylic acids is 3. The maximum atomic E-state index is 12.6.